The summed E-state index contributed by atoms with van der Waals surface area (Å²) < 4.78 is 1.25. The van der Waals surface area contributed by atoms with Gasteiger partial charge >= 0.3 is 0 Å². The topological polar surface area (TPSA) is 83.9 Å². The smallest absolute Gasteiger partial charge is 0.267 e. The van der Waals surface area contributed by atoms with E-state index in [9.17, 15) is 9.59 Å². The number of rotatable bonds is 4. The summed E-state index contributed by atoms with van der Waals surface area (Å²) >= 11 is 0. The number of aryl methyl sites for hydroxylation is 2. The lowest BCUT2D eigenvalue weighted by Crippen LogP contribution is -2.43. The van der Waals surface area contributed by atoms with Crippen LogP contribution in [-0.2, 0) is 17.8 Å². The van der Waals surface area contributed by atoms with Crippen LogP contribution in [0.3, 0.4) is 0 Å². The molecule has 1 N–H and O–H groups in total. The molecule has 1 atom stereocenters. The number of nitrogens with one attached hydrogen (secondary N) is 1. The molecule has 0 radical (unpaired) electrons. The summed E-state index contributed by atoms with van der Waals surface area (Å²) in [5.41, 5.74) is 2.80. The summed E-state index contributed by atoms with van der Waals surface area (Å²) in [6, 6.07) is 3.11. The van der Waals surface area contributed by atoms with Crippen molar-refractivity contribution in [2.24, 2.45) is 5.92 Å². The van der Waals surface area contributed by atoms with Crippen LogP contribution in [0.25, 0.3) is 0 Å². The van der Waals surface area contributed by atoms with E-state index in [0.717, 1.165) is 49.3 Å². The molecule has 1 amide bonds. The molecule has 1 aliphatic rings. The van der Waals surface area contributed by atoms with Gasteiger partial charge in [0.2, 0.25) is 5.91 Å². The van der Waals surface area contributed by atoms with Gasteiger partial charge in [0.15, 0.2) is 0 Å². The largest absolute Gasteiger partial charge is 0.341 e. The molecular weight excluding hydrogens is 306 g/mol. The minimum atomic E-state index is -0.240. The minimum absolute atomic E-state index is 0.0102. The summed E-state index contributed by atoms with van der Waals surface area (Å²) in [6.07, 6.45) is 4.82. The molecular formula is C17H23N5O2. The van der Waals surface area contributed by atoms with E-state index in [1.165, 1.54) is 10.7 Å². The second-order valence-electron chi connectivity index (χ2n) is 6.55. The van der Waals surface area contributed by atoms with Crippen molar-refractivity contribution >= 4 is 5.91 Å². The van der Waals surface area contributed by atoms with Crippen LogP contribution in [0.4, 0.5) is 0 Å². The molecule has 0 saturated carbocycles. The van der Waals surface area contributed by atoms with E-state index in [4.69, 9.17) is 0 Å². The van der Waals surface area contributed by atoms with Crippen LogP contribution in [0, 0.1) is 19.8 Å². The molecule has 24 heavy (non-hydrogen) atoms. The third-order valence-corrected chi connectivity index (χ3v) is 4.58. The van der Waals surface area contributed by atoms with Gasteiger partial charge in [0, 0.05) is 24.8 Å². The van der Waals surface area contributed by atoms with Gasteiger partial charge in [0.25, 0.3) is 5.56 Å². The Morgan fingerprint density at radius 3 is 2.96 bits per heavy atom. The van der Waals surface area contributed by atoms with E-state index < -0.39 is 0 Å². The molecule has 7 nitrogen and oxygen atoms in total. The average molecular weight is 329 g/mol. The maximum Gasteiger partial charge on any atom is 0.267 e. The fraction of sp³-hybridized carbons (Fsp3) is 0.529. The molecule has 0 aromatic carbocycles. The number of H-pyrrole nitrogens is 1. The number of hydrogen-bond acceptors (Lipinski definition) is 4. The Kier molecular flexibility index (Phi) is 4.78. The van der Waals surface area contributed by atoms with Crippen LogP contribution < -0.4 is 5.56 Å². The van der Waals surface area contributed by atoms with Gasteiger partial charge in [-0.05, 0) is 50.7 Å². The molecule has 0 aliphatic carbocycles. The zero-order chi connectivity index (χ0) is 17.1. The SMILES string of the molecule is Cc1ccc(=O)n(CC(=O)N2CCC[C@H](Cc3[nH]ncc3C)C2)n1. The fourth-order valence-electron chi connectivity index (χ4n) is 3.22. The first kappa shape index (κ1) is 16.4. The number of nitrogens with zero attached hydrogens (tertiary/aromatic N) is 4. The summed E-state index contributed by atoms with van der Waals surface area (Å²) in [6.45, 7) is 5.33. The van der Waals surface area contributed by atoms with Gasteiger partial charge in [-0.1, -0.05) is 0 Å². The normalized spacial score (nSPS) is 17.9. The molecule has 3 rings (SSSR count). The molecule has 2 aromatic heterocycles. The highest BCUT2D eigenvalue weighted by Gasteiger charge is 2.25. The Hall–Kier alpha value is -2.44. The number of aromatic nitrogens is 4. The molecule has 0 bridgehead atoms. The lowest BCUT2D eigenvalue weighted by molar-refractivity contribution is -0.133. The van der Waals surface area contributed by atoms with Crippen LogP contribution >= 0.6 is 0 Å². The zero-order valence-electron chi connectivity index (χ0n) is 14.2. The molecule has 0 spiro atoms. The number of aromatic amines is 1. The zero-order valence-corrected chi connectivity index (χ0v) is 14.2. The van der Waals surface area contributed by atoms with Crippen LogP contribution in [-0.4, -0.2) is 43.9 Å². The van der Waals surface area contributed by atoms with Crippen molar-refractivity contribution in [3.05, 3.63) is 45.6 Å². The van der Waals surface area contributed by atoms with Gasteiger partial charge in [0.05, 0.1) is 11.9 Å². The lowest BCUT2D eigenvalue weighted by Gasteiger charge is -2.32. The molecule has 128 valence electrons. The van der Waals surface area contributed by atoms with Crippen molar-refractivity contribution in [1.29, 1.82) is 0 Å². The Morgan fingerprint density at radius 2 is 2.21 bits per heavy atom. The molecule has 1 fully saturated rings. The van der Waals surface area contributed by atoms with Crippen molar-refractivity contribution in [1.82, 2.24) is 24.9 Å². The van der Waals surface area contributed by atoms with Crippen LogP contribution in [0.15, 0.2) is 23.1 Å². The Bertz CT molecular complexity index is 779. The Balaban J connectivity index is 1.63. The van der Waals surface area contributed by atoms with Crippen molar-refractivity contribution in [2.75, 3.05) is 13.1 Å². The minimum Gasteiger partial charge on any atom is -0.341 e. The second-order valence-corrected chi connectivity index (χ2v) is 6.55. The van der Waals surface area contributed by atoms with Gasteiger partial charge in [-0.2, -0.15) is 10.2 Å². The monoisotopic (exact) mass is 329 g/mol. The number of amides is 1. The first-order valence-corrected chi connectivity index (χ1v) is 8.34. The number of carbonyl (C=O) groups excluding carboxylic acids is 1. The maximum atomic E-state index is 12.6. The number of likely N-dealkylation sites (tertiary alicyclic amines) is 1. The highest BCUT2D eigenvalue weighted by atomic mass is 16.2. The Labute approximate surface area is 140 Å². The van der Waals surface area contributed by atoms with E-state index >= 15 is 0 Å². The summed E-state index contributed by atoms with van der Waals surface area (Å²) in [7, 11) is 0. The van der Waals surface area contributed by atoms with Crippen molar-refractivity contribution in [2.45, 2.75) is 39.7 Å². The van der Waals surface area contributed by atoms with Crippen molar-refractivity contribution in [3.63, 3.8) is 0 Å². The van der Waals surface area contributed by atoms with Crippen molar-refractivity contribution in [3.8, 4) is 0 Å². The van der Waals surface area contributed by atoms with E-state index in [1.54, 1.807) is 6.07 Å². The number of hydrogen-bond donors (Lipinski definition) is 1. The quantitative estimate of drug-likeness (QED) is 0.909. The van der Waals surface area contributed by atoms with E-state index in [1.807, 2.05) is 24.9 Å². The first-order chi connectivity index (χ1) is 11.5. The fourth-order valence-corrected chi connectivity index (χ4v) is 3.22. The summed E-state index contributed by atoms with van der Waals surface area (Å²) in [5.74, 6) is 0.380. The Morgan fingerprint density at radius 1 is 1.38 bits per heavy atom. The predicted molar refractivity (Wildman–Crippen MR) is 89.6 cm³/mol. The summed E-state index contributed by atoms with van der Waals surface area (Å²) in [5, 5.41) is 11.2. The van der Waals surface area contributed by atoms with Crippen LogP contribution in [0.2, 0.25) is 0 Å². The molecule has 1 aliphatic heterocycles. The molecule has 1 saturated heterocycles. The van der Waals surface area contributed by atoms with Gasteiger partial charge in [0.1, 0.15) is 6.54 Å². The second kappa shape index (κ2) is 6.98. The van der Waals surface area contributed by atoms with Gasteiger partial charge in [-0.15, -0.1) is 0 Å². The molecule has 7 heteroatoms. The standard InChI is InChI=1S/C17H23N5O2/c1-12-9-18-19-15(12)8-14-4-3-7-21(10-14)17(24)11-22-16(23)6-5-13(2)20-22/h5-6,9,14H,3-4,7-8,10-11H2,1-2H3,(H,18,19)/t14-/m1/s1. The van der Waals surface area contributed by atoms with Gasteiger partial charge < -0.3 is 4.90 Å². The first-order valence-electron chi connectivity index (χ1n) is 8.34. The highest BCUT2D eigenvalue weighted by Crippen LogP contribution is 2.21. The van der Waals surface area contributed by atoms with Crippen LogP contribution in [0.5, 0.6) is 0 Å². The number of carbonyl (C=O) groups is 1. The lowest BCUT2D eigenvalue weighted by atomic mass is 9.92. The average Bonchev–Trinajstić information content (AvgIpc) is 2.96. The molecule has 2 aromatic rings. The summed E-state index contributed by atoms with van der Waals surface area (Å²) in [4.78, 5) is 26.2. The number of piperidine rings is 1. The van der Waals surface area contributed by atoms with E-state index in [-0.39, 0.29) is 18.0 Å². The highest BCUT2D eigenvalue weighted by molar-refractivity contribution is 5.76. The molecule has 0 unspecified atom stereocenters. The predicted octanol–water partition coefficient (Wildman–Crippen LogP) is 1.06. The molecule has 3 heterocycles. The van der Waals surface area contributed by atoms with E-state index in [2.05, 4.69) is 15.3 Å². The van der Waals surface area contributed by atoms with Crippen molar-refractivity contribution < 1.29 is 4.79 Å². The van der Waals surface area contributed by atoms with Crippen LogP contribution in [0.1, 0.15) is 29.8 Å². The third kappa shape index (κ3) is 3.72. The maximum absolute atomic E-state index is 12.6. The van der Waals surface area contributed by atoms with E-state index in [0.29, 0.717) is 5.92 Å². The third-order valence-electron chi connectivity index (χ3n) is 4.58. The van der Waals surface area contributed by atoms with Gasteiger partial charge in [-0.3, -0.25) is 14.7 Å². The van der Waals surface area contributed by atoms with Gasteiger partial charge in [-0.25, -0.2) is 4.68 Å².